The van der Waals surface area contributed by atoms with Gasteiger partial charge < -0.3 is 5.48 Å². The number of hydrogen-bond donors (Lipinski definition) is 2. The third-order valence-corrected chi connectivity index (χ3v) is 37.1. The SMILES string of the molecule is CC[PH+](CC)CC.CC[PH+](CC)CC.CC[PH+](CC)CC.CC[PH+](CC)CC.CC[PH+](CC)CC.CC[PH+](CC)CC.C[Si](c1cc[c-]cc1)(c1cc[c-]cc1)c1cc[c-]cc1.O.O=S(=O)(O)C(F)(F)F.O=S(=O)(O)C(F)(F)F.[Pt+2].[Pt].[Pt]. The van der Waals surface area contributed by atoms with Crippen LogP contribution < -0.4 is 15.6 Å². The molecule has 0 aromatic heterocycles. The molecule has 0 saturated carbocycles. The molecule has 3 aromatic rings. The summed E-state index contributed by atoms with van der Waals surface area (Å²) >= 11 is 0. The Morgan fingerprint density at radius 1 is 0.354 bits per heavy atom. The standard InChI is InChI=1S/C19H15Si.6C6H15P.2CHF3O3S.H2O.3Pt/c1-20(17-11-5-2-6-12-17,18-13-7-3-8-14-18)19-15-9-4-10-16-19;6*1-4-7(5-2)6-3;2*2-1(3,4)8(5,6)7;;;;/h5-16H,1H3;6*4-6H2,1-3H3;2*(H,5,6,7);1H2;;;/q-3;;;;;;;;;;;;+2/p+6. The minimum atomic E-state index is -5.84. The molecule has 0 unspecified atom stereocenters. The van der Waals surface area contributed by atoms with E-state index in [0.717, 1.165) is 0 Å². The van der Waals surface area contributed by atoms with Crippen LogP contribution in [0.25, 0.3) is 0 Å². The summed E-state index contributed by atoms with van der Waals surface area (Å²) in [6, 6.07) is 34.5. The Morgan fingerprint density at radius 2 is 0.451 bits per heavy atom. The first-order valence-corrected chi connectivity index (χ1v) is 46.5. The van der Waals surface area contributed by atoms with Gasteiger partial charge in [-0.05, 0) is 172 Å². The fraction of sp³-hybridized carbons (Fsp3) is 0.684. The summed E-state index contributed by atoms with van der Waals surface area (Å²) in [5, 5.41) is 4.19. The first kappa shape index (κ1) is 106. The van der Waals surface area contributed by atoms with Crippen molar-refractivity contribution in [2.24, 2.45) is 0 Å². The van der Waals surface area contributed by atoms with Crippen molar-refractivity contribution in [3.8, 4) is 0 Å². The van der Waals surface area contributed by atoms with Crippen LogP contribution in [0, 0.1) is 18.2 Å². The van der Waals surface area contributed by atoms with Gasteiger partial charge in [-0.3, -0.25) is 9.11 Å². The average Bonchev–Trinajstić information content (AvgIpc) is 3.42. The molecule has 7 nitrogen and oxygen atoms in total. The van der Waals surface area contributed by atoms with Gasteiger partial charge in [0.25, 0.3) is 0 Å². The van der Waals surface area contributed by atoms with Gasteiger partial charge in [0.05, 0.1) is 119 Å². The minimum Gasteiger partial charge on any atom is -0.412 e. The van der Waals surface area contributed by atoms with Crippen LogP contribution >= 0.6 is 47.5 Å². The Morgan fingerprint density at radius 3 is 0.512 bits per heavy atom. The molecular weight excluding hydrogens is 1770 g/mol. The van der Waals surface area contributed by atoms with Gasteiger partial charge in [0.1, 0.15) is 0 Å². The zero-order valence-electron chi connectivity index (χ0n) is 53.2. The number of benzene rings is 3. The van der Waals surface area contributed by atoms with Crippen molar-refractivity contribution >= 4 is 91.4 Å². The van der Waals surface area contributed by atoms with E-state index < -0.39 is 39.3 Å². The number of alkyl halides is 6. The predicted molar refractivity (Wildman–Crippen MR) is 365 cm³/mol. The van der Waals surface area contributed by atoms with Crippen molar-refractivity contribution in [2.75, 3.05) is 111 Å². The Labute approximate surface area is 551 Å². The smallest absolute Gasteiger partial charge is 0.412 e. The van der Waals surface area contributed by atoms with Crippen molar-refractivity contribution in [3.05, 3.63) is 91.0 Å². The normalized spacial score (nSPS) is 10.7. The van der Waals surface area contributed by atoms with E-state index in [2.05, 4.69) is 186 Å². The van der Waals surface area contributed by atoms with E-state index >= 15 is 0 Å². The molecule has 0 radical (unpaired) electrons. The van der Waals surface area contributed by atoms with Crippen molar-refractivity contribution in [1.29, 1.82) is 0 Å². The second-order valence-corrected chi connectivity index (χ2v) is 46.2. The van der Waals surface area contributed by atoms with Crippen LogP contribution in [-0.4, -0.2) is 161 Å². The molecule has 0 bridgehead atoms. The topological polar surface area (TPSA) is 140 Å². The van der Waals surface area contributed by atoms with Gasteiger partial charge in [0.2, 0.25) is 0 Å². The Kier molecular flexibility index (Phi) is 84.7. The zero-order chi connectivity index (χ0) is 62.0. The molecule has 0 saturated heterocycles. The first-order valence-electron chi connectivity index (χ1n) is 28.4. The Balaban J connectivity index is -0.0000000922. The van der Waals surface area contributed by atoms with Crippen LogP contribution in [0.1, 0.15) is 125 Å². The van der Waals surface area contributed by atoms with Crippen molar-refractivity contribution < 1.29 is 121 Å². The first-order chi connectivity index (χ1) is 36.4. The van der Waals surface area contributed by atoms with Crippen LogP contribution in [0.3, 0.4) is 0 Å². The van der Waals surface area contributed by atoms with Gasteiger partial charge in [-0.15, -0.1) is 0 Å². The van der Waals surface area contributed by atoms with Gasteiger partial charge >= 0.3 is 52.3 Å². The maximum atomic E-state index is 10.7. The van der Waals surface area contributed by atoms with Crippen LogP contribution in [0.2, 0.25) is 6.55 Å². The van der Waals surface area contributed by atoms with E-state index in [4.69, 9.17) is 25.9 Å². The van der Waals surface area contributed by atoms with Gasteiger partial charge in [0.15, 0.2) is 0 Å². The molecule has 3 aromatic carbocycles. The average molecular weight is 1890 g/mol. The molecule has 3 rings (SSSR count). The summed E-state index contributed by atoms with van der Waals surface area (Å²) < 4.78 is 115. The van der Waals surface area contributed by atoms with E-state index in [-0.39, 0.29) is 116 Å². The van der Waals surface area contributed by atoms with Crippen LogP contribution in [0.5, 0.6) is 0 Å². The minimum absolute atomic E-state index is 0. The zero-order valence-corrected chi connectivity index (χ0v) is 68.7. The van der Waals surface area contributed by atoms with Crippen LogP contribution in [0.15, 0.2) is 72.8 Å². The summed E-state index contributed by atoms with van der Waals surface area (Å²) in [5.74, 6) is 0. The fourth-order valence-electron chi connectivity index (χ4n) is 7.16. The van der Waals surface area contributed by atoms with Crippen molar-refractivity contribution in [1.82, 2.24) is 0 Å². The molecule has 0 aliphatic carbocycles. The Hall–Kier alpha value is 1.88. The van der Waals surface area contributed by atoms with Crippen molar-refractivity contribution in [3.63, 3.8) is 0 Å². The second kappa shape index (κ2) is 65.8. The van der Waals surface area contributed by atoms with Crippen molar-refractivity contribution in [2.45, 2.75) is 142 Å². The number of hydrogen-bond acceptors (Lipinski definition) is 4. The molecule has 82 heavy (non-hydrogen) atoms. The monoisotopic (exact) mass is 1890 g/mol. The molecule has 0 aliphatic rings. The van der Waals surface area contributed by atoms with Gasteiger partial charge in [-0.1, -0.05) is 6.55 Å². The molecular formula is C57H115F6O7P6Pt3S2Si+5. The van der Waals surface area contributed by atoms with E-state index in [1.807, 2.05) is 36.4 Å². The molecule has 0 aliphatic heterocycles. The molecule has 0 fully saturated rings. The molecule has 0 spiro atoms. The van der Waals surface area contributed by atoms with Crippen LogP contribution in [-0.2, 0) is 83.4 Å². The quantitative estimate of drug-likeness (QED) is 0.0207. The molecule has 0 atom stereocenters. The summed E-state index contributed by atoms with van der Waals surface area (Å²) in [6.45, 7) is 43.9. The third kappa shape index (κ3) is 55.9. The van der Waals surface area contributed by atoms with E-state index in [1.165, 1.54) is 126 Å². The largest absolute Gasteiger partial charge is 2.00 e. The fourth-order valence-corrected chi connectivity index (χ4v) is 19.7. The van der Waals surface area contributed by atoms with Gasteiger partial charge in [-0.2, -0.15) is 150 Å². The van der Waals surface area contributed by atoms with Crippen LogP contribution in [0.4, 0.5) is 26.3 Å². The van der Waals surface area contributed by atoms with Gasteiger partial charge in [0, 0.05) is 42.1 Å². The molecule has 0 heterocycles. The van der Waals surface area contributed by atoms with E-state index in [9.17, 15) is 26.3 Å². The summed E-state index contributed by atoms with van der Waals surface area (Å²) in [4.78, 5) is 0. The van der Waals surface area contributed by atoms with Gasteiger partial charge in [-0.25, -0.2) is 0 Å². The Bertz CT molecular complexity index is 1680. The molecule has 25 heteroatoms. The summed E-state index contributed by atoms with van der Waals surface area (Å²) in [6.07, 6.45) is 26.2. The number of rotatable bonds is 21. The number of halogens is 6. The molecule has 498 valence electrons. The molecule has 4 N–H and O–H groups in total. The summed E-state index contributed by atoms with van der Waals surface area (Å²) in [7, 11) is -12.8. The summed E-state index contributed by atoms with van der Waals surface area (Å²) in [5.41, 5.74) is -11.1. The maximum absolute atomic E-state index is 10.7. The maximum Gasteiger partial charge on any atom is 2.00 e. The van der Waals surface area contributed by atoms with E-state index in [0.29, 0.717) is 0 Å². The van der Waals surface area contributed by atoms with E-state index in [1.54, 1.807) is 0 Å². The second-order valence-electron chi connectivity index (χ2n) is 17.7. The predicted octanol–water partition coefficient (Wildman–Crippen LogP) is 15.7. The molecule has 0 amide bonds. The third-order valence-electron chi connectivity index (χ3n) is 13.5.